The fraction of sp³-hybridized carbons (Fsp3) is 0.600. The molecule has 3 heteroatoms. The summed E-state index contributed by atoms with van der Waals surface area (Å²) in [6, 6.07) is 4.09. The van der Waals surface area contributed by atoms with Crippen LogP contribution < -0.4 is 0 Å². The van der Waals surface area contributed by atoms with E-state index in [0.29, 0.717) is 6.61 Å². The van der Waals surface area contributed by atoms with Crippen LogP contribution in [-0.4, -0.2) is 23.9 Å². The molecule has 1 aromatic heterocycles. The van der Waals surface area contributed by atoms with Gasteiger partial charge in [0.2, 0.25) is 0 Å². The van der Waals surface area contributed by atoms with E-state index in [1.165, 1.54) is 4.88 Å². The summed E-state index contributed by atoms with van der Waals surface area (Å²) in [6.07, 6.45) is 2.58. The third-order valence-corrected chi connectivity index (χ3v) is 3.26. The second-order valence-electron chi connectivity index (χ2n) is 3.64. The molecule has 1 unspecified atom stereocenters. The molecule has 2 nitrogen and oxygen atoms in total. The molecule has 1 N–H and O–H groups in total. The smallest absolute Gasteiger partial charge is 0.0928 e. The van der Waals surface area contributed by atoms with Gasteiger partial charge in [-0.3, -0.25) is 0 Å². The monoisotopic (exact) mass is 198 g/mol. The van der Waals surface area contributed by atoms with Crippen LogP contribution in [0, 0.1) is 0 Å². The first-order chi connectivity index (χ1) is 6.29. The Morgan fingerprint density at radius 3 is 3.15 bits per heavy atom. The molecule has 1 aliphatic rings. The lowest BCUT2D eigenvalue weighted by atomic mass is 9.92. The largest absolute Gasteiger partial charge is 0.387 e. The first-order valence-corrected chi connectivity index (χ1v) is 5.49. The van der Waals surface area contributed by atoms with E-state index >= 15 is 0 Å². The first kappa shape index (κ1) is 9.19. The van der Waals surface area contributed by atoms with Crippen LogP contribution in [-0.2, 0) is 11.2 Å². The van der Waals surface area contributed by atoms with Crippen LogP contribution in [0.5, 0.6) is 0 Å². The Hall–Kier alpha value is -0.380. The fourth-order valence-electron chi connectivity index (χ4n) is 1.71. The van der Waals surface area contributed by atoms with Crippen molar-refractivity contribution in [3.63, 3.8) is 0 Å². The molecule has 2 heterocycles. The molecule has 0 spiro atoms. The predicted molar refractivity (Wildman–Crippen MR) is 53.0 cm³/mol. The van der Waals surface area contributed by atoms with Crippen molar-refractivity contribution in [2.45, 2.75) is 24.9 Å². The van der Waals surface area contributed by atoms with E-state index in [-0.39, 0.29) is 0 Å². The standard InChI is InChI=1S/C10H14O2S/c11-10(4-2-5-12-8-10)7-9-3-1-6-13-9/h1,3,6,11H,2,4-5,7-8H2. The number of ether oxygens (including phenoxy) is 1. The van der Waals surface area contributed by atoms with Gasteiger partial charge in [-0.15, -0.1) is 11.3 Å². The lowest BCUT2D eigenvalue weighted by Gasteiger charge is -2.31. The van der Waals surface area contributed by atoms with Gasteiger partial charge >= 0.3 is 0 Å². The van der Waals surface area contributed by atoms with Crippen molar-refractivity contribution in [2.75, 3.05) is 13.2 Å². The zero-order valence-corrected chi connectivity index (χ0v) is 8.35. The van der Waals surface area contributed by atoms with E-state index in [9.17, 15) is 5.11 Å². The summed E-state index contributed by atoms with van der Waals surface area (Å²) in [4.78, 5) is 1.24. The van der Waals surface area contributed by atoms with Gasteiger partial charge in [0.1, 0.15) is 0 Å². The number of rotatable bonds is 2. The Morgan fingerprint density at radius 1 is 1.62 bits per heavy atom. The maximum Gasteiger partial charge on any atom is 0.0928 e. The van der Waals surface area contributed by atoms with Gasteiger partial charge in [-0.1, -0.05) is 6.07 Å². The quantitative estimate of drug-likeness (QED) is 0.785. The van der Waals surface area contributed by atoms with E-state index in [1.807, 2.05) is 11.4 Å². The normalized spacial score (nSPS) is 29.0. The molecule has 0 aliphatic carbocycles. The lowest BCUT2D eigenvalue weighted by molar-refractivity contribution is -0.0840. The van der Waals surface area contributed by atoms with Crippen LogP contribution in [0.2, 0.25) is 0 Å². The summed E-state index contributed by atoms with van der Waals surface area (Å²) in [5.41, 5.74) is -0.608. The zero-order valence-electron chi connectivity index (χ0n) is 7.53. The van der Waals surface area contributed by atoms with E-state index in [2.05, 4.69) is 6.07 Å². The summed E-state index contributed by atoms with van der Waals surface area (Å²) in [7, 11) is 0. The summed E-state index contributed by atoms with van der Waals surface area (Å²) < 4.78 is 5.29. The van der Waals surface area contributed by atoms with Crippen LogP contribution in [0.25, 0.3) is 0 Å². The summed E-state index contributed by atoms with van der Waals surface area (Å²) in [5.74, 6) is 0. The van der Waals surface area contributed by atoms with Crippen molar-refractivity contribution in [3.05, 3.63) is 22.4 Å². The molecule has 13 heavy (non-hydrogen) atoms. The minimum Gasteiger partial charge on any atom is -0.387 e. The van der Waals surface area contributed by atoms with E-state index in [4.69, 9.17) is 4.74 Å². The van der Waals surface area contributed by atoms with Crippen molar-refractivity contribution < 1.29 is 9.84 Å². The van der Waals surface area contributed by atoms with Crippen molar-refractivity contribution in [1.29, 1.82) is 0 Å². The molecule has 0 amide bonds. The molecule has 0 saturated carbocycles. The van der Waals surface area contributed by atoms with Gasteiger partial charge in [0, 0.05) is 17.9 Å². The number of hydrogen-bond donors (Lipinski definition) is 1. The second kappa shape index (κ2) is 3.78. The highest BCUT2D eigenvalue weighted by Gasteiger charge is 2.30. The Bertz CT molecular complexity index is 250. The van der Waals surface area contributed by atoms with Crippen molar-refractivity contribution >= 4 is 11.3 Å². The number of thiophene rings is 1. The first-order valence-electron chi connectivity index (χ1n) is 4.61. The molecule has 72 valence electrons. The van der Waals surface area contributed by atoms with Crippen LogP contribution in [0.4, 0.5) is 0 Å². The molecule has 1 atom stereocenters. The molecular weight excluding hydrogens is 184 g/mol. The topological polar surface area (TPSA) is 29.5 Å². The fourth-order valence-corrected chi connectivity index (χ4v) is 2.56. The third-order valence-electron chi connectivity index (χ3n) is 2.38. The molecule has 1 fully saturated rings. The van der Waals surface area contributed by atoms with Crippen molar-refractivity contribution in [1.82, 2.24) is 0 Å². The molecule has 1 aliphatic heterocycles. The average Bonchev–Trinajstić information content (AvgIpc) is 2.57. The van der Waals surface area contributed by atoms with Crippen molar-refractivity contribution in [3.8, 4) is 0 Å². The predicted octanol–water partition coefficient (Wildman–Crippen LogP) is 1.83. The van der Waals surface area contributed by atoms with Crippen LogP contribution >= 0.6 is 11.3 Å². The maximum absolute atomic E-state index is 10.1. The zero-order chi connectivity index (χ0) is 9.15. The Kier molecular flexibility index (Phi) is 2.67. The number of hydrogen-bond acceptors (Lipinski definition) is 3. The molecule has 0 bridgehead atoms. The SMILES string of the molecule is OC1(Cc2cccs2)CCCOC1. The minimum absolute atomic E-state index is 0.491. The van der Waals surface area contributed by atoms with Crippen LogP contribution in [0.3, 0.4) is 0 Å². The molecular formula is C10H14O2S. The van der Waals surface area contributed by atoms with Gasteiger partial charge in [-0.25, -0.2) is 0 Å². The molecule has 1 saturated heterocycles. The lowest BCUT2D eigenvalue weighted by Crippen LogP contribution is -2.40. The minimum atomic E-state index is -0.608. The Labute approximate surface area is 82.2 Å². The molecule has 2 rings (SSSR count). The van der Waals surface area contributed by atoms with Gasteiger partial charge in [-0.2, -0.15) is 0 Å². The molecule has 1 aromatic rings. The third kappa shape index (κ3) is 2.30. The Morgan fingerprint density at radius 2 is 2.54 bits per heavy atom. The molecule has 0 aromatic carbocycles. The maximum atomic E-state index is 10.1. The highest BCUT2D eigenvalue weighted by atomic mass is 32.1. The van der Waals surface area contributed by atoms with Crippen LogP contribution in [0.1, 0.15) is 17.7 Å². The average molecular weight is 198 g/mol. The highest BCUT2D eigenvalue weighted by molar-refractivity contribution is 7.09. The van der Waals surface area contributed by atoms with Gasteiger partial charge in [0.25, 0.3) is 0 Å². The summed E-state index contributed by atoms with van der Waals surface area (Å²) in [5, 5.41) is 12.2. The van der Waals surface area contributed by atoms with Gasteiger partial charge in [0.05, 0.1) is 12.2 Å². The second-order valence-corrected chi connectivity index (χ2v) is 4.67. The van der Waals surface area contributed by atoms with E-state index in [1.54, 1.807) is 11.3 Å². The number of aliphatic hydroxyl groups is 1. The van der Waals surface area contributed by atoms with Crippen molar-refractivity contribution in [2.24, 2.45) is 0 Å². The Balaban J connectivity index is 1.99. The highest BCUT2D eigenvalue weighted by Crippen LogP contribution is 2.25. The van der Waals surface area contributed by atoms with Gasteiger partial charge in [-0.05, 0) is 24.3 Å². The van der Waals surface area contributed by atoms with Gasteiger partial charge < -0.3 is 9.84 Å². The van der Waals surface area contributed by atoms with Crippen LogP contribution in [0.15, 0.2) is 17.5 Å². The van der Waals surface area contributed by atoms with E-state index in [0.717, 1.165) is 25.9 Å². The van der Waals surface area contributed by atoms with Gasteiger partial charge in [0.15, 0.2) is 0 Å². The molecule has 0 radical (unpaired) electrons. The van der Waals surface area contributed by atoms with E-state index < -0.39 is 5.60 Å². The summed E-state index contributed by atoms with van der Waals surface area (Å²) >= 11 is 1.70. The summed E-state index contributed by atoms with van der Waals surface area (Å²) in [6.45, 7) is 1.29.